The Morgan fingerprint density at radius 2 is 1.79 bits per heavy atom. The fraction of sp³-hybridized carbons (Fsp3) is 0.231. The molecule has 0 saturated carbocycles. The van der Waals surface area contributed by atoms with Crippen LogP contribution in [0.1, 0.15) is 29.5 Å². The van der Waals surface area contributed by atoms with E-state index < -0.39 is 10.0 Å². The van der Waals surface area contributed by atoms with E-state index in [-0.39, 0.29) is 28.6 Å². The first kappa shape index (κ1) is 22.3. The molecule has 2 aliphatic rings. The third kappa shape index (κ3) is 3.98. The van der Waals surface area contributed by atoms with E-state index in [2.05, 4.69) is 22.2 Å². The Hall–Kier alpha value is -3.52. The van der Waals surface area contributed by atoms with Gasteiger partial charge < -0.3 is 14.8 Å². The third-order valence-electron chi connectivity index (χ3n) is 6.53. The van der Waals surface area contributed by atoms with Crippen molar-refractivity contribution in [2.45, 2.75) is 23.3 Å². The topological polar surface area (TPSA) is 76.7 Å². The van der Waals surface area contributed by atoms with Crippen molar-refractivity contribution in [2.24, 2.45) is 5.92 Å². The lowest BCUT2D eigenvalue weighted by Gasteiger charge is -2.37. The maximum atomic E-state index is 13.4. The predicted molar refractivity (Wildman–Crippen MR) is 130 cm³/mol. The molecule has 1 aliphatic heterocycles. The van der Waals surface area contributed by atoms with Gasteiger partial charge in [0.25, 0.3) is 10.0 Å². The van der Waals surface area contributed by atoms with E-state index in [4.69, 9.17) is 9.47 Å². The maximum absolute atomic E-state index is 13.4. The van der Waals surface area contributed by atoms with Crippen molar-refractivity contribution < 1.29 is 22.3 Å². The van der Waals surface area contributed by atoms with Crippen molar-refractivity contribution in [2.75, 3.05) is 24.3 Å². The highest BCUT2D eigenvalue weighted by Crippen LogP contribution is 2.50. The van der Waals surface area contributed by atoms with Gasteiger partial charge in [-0.1, -0.05) is 24.3 Å². The second-order valence-corrected chi connectivity index (χ2v) is 10.1. The maximum Gasteiger partial charge on any atom is 0.262 e. The molecule has 0 amide bonds. The Bertz CT molecular complexity index is 1360. The van der Waals surface area contributed by atoms with Gasteiger partial charge in [-0.15, -0.1) is 0 Å². The molecule has 176 valence electrons. The lowest BCUT2D eigenvalue weighted by Crippen LogP contribution is -2.29. The fourth-order valence-electron chi connectivity index (χ4n) is 4.83. The van der Waals surface area contributed by atoms with Gasteiger partial charge in [-0.25, -0.2) is 12.8 Å². The van der Waals surface area contributed by atoms with Gasteiger partial charge in [-0.3, -0.25) is 4.72 Å². The summed E-state index contributed by atoms with van der Waals surface area (Å²) >= 11 is 0. The summed E-state index contributed by atoms with van der Waals surface area (Å²) in [5.74, 6) is 0.942. The molecule has 8 heteroatoms. The Balaban J connectivity index is 1.47. The van der Waals surface area contributed by atoms with E-state index in [0.29, 0.717) is 17.2 Å². The molecule has 1 heterocycles. The molecule has 0 spiro atoms. The second kappa shape index (κ2) is 8.68. The van der Waals surface area contributed by atoms with Gasteiger partial charge >= 0.3 is 0 Å². The highest BCUT2D eigenvalue weighted by atomic mass is 32.2. The van der Waals surface area contributed by atoms with Gasteiger partial charge in [0, 0.05) is 17.7 Å². The van der Waals surface area contributed by atoms with Crippen molar-refractivity contribution in [3.05, 3.63) is 89.8 Å². The van der Waals surface area contributed by atoms with Crippen molar-refractivity contribution in [1.29, 1.82) is 0 Å². The first-order valence-electron chi connectivity index (χ1n) is 11.0. The van der Waals surface area contributed by atoms with Gasteiger partial charge in [-0.2, -0.15) is 0 Å². The summed E-state index contributed by atoms with van der Waals surface area (Å²) in [5, 5.41) is 3.55. The van der Waals surface area contributed by atoms with E-state index in [1.165, 1.54) is 26.4 Å². The van der Waals surface area contributed by atoms with Crippen LogP contribution in [-0.4, -0.2) is 22.6 Å². The molecule has 5 rings (SSSR count). The summed E-state index contributed by atoms with van der Waals surface area (Å²) in [6.45, 7) is 0. The highest BCUT2D eigenvalue weighted by molar-refractivity contribution is 7.92. The number of rotatable bonds is 6. The van der Waals surface area contributed by atoms with Crippen LogP contribution in [0.5, 0.6) is 11.5 Å². The van der Waals surface area contributed by atoms with Crippen molar-refractivity contribution in [3.63, 3.8) is 0 Å². The quantitative estimate of drug-likeness (QED) is 0.458. The summed E-state index contributed by atoms with van der Waals surface area (Å²) in [4.78, 5) is 0.171. The minimum absolute atomic E-state index is 0.0113. The number of allylic oxidation sites excluding steroid dienone is 2. The van der Waals surface area contributed by atoms with Crippen LogP contribution in [0.2, 0.25) is 0 Å². The number of hydrogen-bond donors (Lipinski definition) is 2. The number of ether oxygens (including phenoxy) is 2. The zero-order chi connectivity index (χ0) is 23.9. The number of hydrogen-bond acceptors (Lipinski definition) is 5. The molecule has 0 fully saturated rings. The number of sulfonamides is 1. The molecule has 0 saturated heterocycles. The molecule has 34 heavy (non-hydrogen) atoms. The minimum atomic E-state index is -3.86. The molecule has 6 nitrogen and oxygen atoms in total. The highest BCUT2D eigenvalue weighted by Gasteiger charge is 2.38. The Morgan fingerprint density at radius 1 is 1.00 bits per heavy atom. The van der Waals surface area contributed by atoms with Crippen LogP contribution in [0.15, 0.2) is 77.7 Å². The van der Waals surface area contributed by atoms with Crippen LogP contribution in [0.4, 0.5) is 15.8 Å². The standard InChI is InChI=1S/C26H25FN2O4S/c1-32-18-10-12-24(25(14-18)33-2)29-34(30,31)19-11-13-23-22(15-19)20-4-3-5-21(20)26(28-23)16-6-8-17(27)9-7-16/h3-4,6-15,20-21,26,28-29H,5H2,1-2H3/t20-,21+,26+/m0/s1. The first-order valence-corrected chi connectivity index (χ1v) is 12.5. The zero-order valence-corrected chi connectivity index (χ0v) is 19.6. The fourth-order valence-corrected chi connectivity index (χ4v) is 5.93. The van der Waals surface area contributed by atoms with Crippen LogP contribution in [-0.2, 0) is 10.0 Å². The molecule has 0 radical (unpaired) electrons. The Kier molecular flexibility index (Phi) is 5.69. The summed E-state index contributed by atoms with van der Waals surface area (Å²) in [7, 11) is -0.856. The summed E-state index contributed by atoms with van der Waals surface area (Å²) < 4.78 is 53.1. The van der Waals surface area contributed by atoms with E-state index in [9.17, 15) is 12.8 Å². The molecule has 2 N–H and O–H groups in total. The Labute approximate surface area is 198 Å². The monoisotopic (exact) mass is 480 g/mol. The predicted octanol–water partition coefficient (Wildman–Crippen LogP) is 5.47. The third-order valence-corrected chi connectivity index (χ3v) is 7.89. The SMILES string of the molecule is COc1ccc(NS(=O)(=O)c2ccc3c(c2)[C@H]2C=CC[C@H]2[C@@H](c2ccc(F)cc2)N3)c(OC)c1. The van der Waals surface area contributed by atoms with Crippen molar-refractivity contribution >= 4 is 21.4 Å². The average molecular weight is 481 g/mol. The van der Waals surface area contributed by atoms with E-state index >= 15 is 0 Å². The van der Waals surface area contributed by atoms with Gasteiger partial charge in [-0.05, 0) is 65.9 Å². The molecule has 1 aliphatic carbocycles. The second-order valence-electron chi connectivity index (χ2n) is 8.45. The molecular weight excluding hydrogens is 455 g/mol. The molecular formula is C26H25FN2O4S. The van der Waals surface area contributed by atoms with Crippen LogP contribution >= 0.6 is 0 Å². The molecule has 3 aromatic rings. The summed E-state index contributed by atoms with van der Waals surface area (Å²) in [5.41, 5.74) is 3.15. The molecule has 0 aromatic heterocycles. The van der Waals surface area contributed by atoms with Gasteiger partial charge in [0.15, 0.2) is 0 Å². The smallest absolute Gasteiger partial charge is 0.262 e. The number of fused-ring (bicyclic) bond motifs is 3. The number of anilines is 2. The molecule has 3 aromatic carbocycles. The van der Waals surface area contributed by atoms with Crippen molar-refractivity contribution in [1.82, 2.24) is 0 Å². The number of benzene rings is 3. The number of methoxy groups -OCH3 is 2. The zero-order valence-electron chi connectivity index (χ0n) is 18.8. The molecule has 0 bridgehead atoms. The van der Waals surface area contributed by atoms with Crippen molar-refractivity contribution in [3.8, 4) is 11.5 Å². The lowest BCUT2D eigenvalue weighted by atomic mass is 9.77. The number of halogens is 1. The van der Waals surface area contributed by atoms with Crippen LogP contribution in [0, 0.1) is 11.7 Å². The molecule has 0 unspecified atom stereocenters. The number of nitrogens with one attached hydrogen (secondary N) is 2. The van der Waals surface area contributed by atoms with Crippen LogP contribution < -0.4 is 19.5 Å². The first-order chi connectivity index (χ1) is 16.4. The molecule has 3 atom stereocenters. The van der Waals surface area contributed by atoms with Gasteiger partial charge in [0.2, 0.25) is 0 Å². The van der Waals surface area contributed by atoms with Gasteiger partial charge in [0.1, 0.15) is 17.3 Å². The van der Waals surface area contributed by atoms with Crippen LogP contribution in [0.25, 0.3) is 0 Å². The minimum Gasteiger partial charge on any atom is -0.497 e. The summed E-state index contributed by atoms with van der Waals surface area (Å²) in [6, 6.07) is 16.6. The van der Waals surface area contributed by atoms with E-state index in [1.54, 1.807) is 48.5 Å². The average Bonchev–Trinajstić information content (AvgIpc) is 3.34. The van der Waals surface area contributed by atoms with E-state index in [1.807, 2.05) is 0 Å². The Morgan fingerprint density at radius 3 is 2.53 bits per heavy atom. The lowest BCUT2D eigenvalue weighted by molar-refractivity contribution is 0.395. The van der Waals surface area contributed by atoms with E-state index in [0.717, 1.165) is 23.2 Å². The normalized spacial score (nSPS) is 20.7. The van der Waals surface area contributed by atoms with Gasteiger partial charge in [0.05, 0.1) is 30.8 Å². The summed E-state index contributed by atoms with van der Waals surface area (Å²) in [6.07, 6.45) is 5.12. The largest absolute Gasteiger partial charge is 0.497 e. The van der Waals surface area contributed by atoms with Crippen LogP contribution in [0.3, 0.4) is 0 Å².